The number of hydrogen-bond acceptors (Lipinski definition) is 3. The molecule has 5 heteroatoms. The minimum Gasteiger partial charge on any atom is -0.465 e. The standard InChI is InChI=1S/C22H28N2O3/c1-22(2,3)18-7-9-19(10-8-18)27-20-6-4-5-17(15-20)16-23-11-13-24(14-12-23)21(25)26/h4-10,15H,11-14,16H2,1-3H3,(H,25,26). The van der Waals surface area contributed by atoms with Crippen LogP contribution in [0.15, 0.2) is 48.5 Å². The van der Waals surface area contributed by atoms with Gasteiger partial charge in [0.05, 0.1) is 0 Å². The summed E-state index contributed by atoms with van der Waals surface area (Å²) in [6, 6.07) is 16.4. The lowest BCUT2D eigenvalue weighted by molar-refractivity contribution is 0.103. The summed E-state index contributed by atoms with van der Waals surface area (Å²) in [6.45, 7) is 10.0. The highest BCUT2D eigenvalue weighted by molar-refractivity contribution is 5.65. The molecule has 1 fully saturated rings. The van der Waals surface area contributed by atoms with Crippen molar-refractivity contribution in [2.75, 3.05) is 26.2 Å². The molecule has 0 saturated carbocycles. The first kappa shape index (κ1) is 19.2. The number of amides is 1. The van der Waals surface area contributed by atoms with Gasteiger partial charge in [-0.15, -0.1) is 0 Å². The van der Waals surface area contributed by atoms with Crippen molar-refractivity contribution in [3.8, 4) is 11.5 Å². The third kappa shape index (κ3) is 5.23. The van der Waals surface area contributed by atoms with E-state index in [9.17, 15) is 4.79 Å². The third-order valence-electron chi connectivity index (χ3n) is 4.90. The maximum Gasteiger partial charge on any atom is 0.407 e. The quantitative estimate of drug-likeness (QED) is 0.859. The molecule has 3 rings (SSSR count). The lowest BCUT2D eigenvalue weighted by atomic mass is 9.87. The summed E-state index contributed by atoms with van der Waals surface area (Å²) in [6.07, 6.45) is -0.831. The molecule has 1 saturated heterocycles. The van der Waals surface area contributed by atoms with Crippen LogP contribution in [0.2, 0.25) is 0 Å². The van der Waals surface area contributed by atoms with E-state index in [1.165, 1.54) is 16.0 Å². The van der Waals surface area contributed by atoms with Crippen LogP contribution in [0.4, 0.5) is 4.79 Å². The Labute approximate surface area is 161 Å². The summed E-state index contributed by atoms with van der Waals surface area (Å²) in [7, 11) is 0. The minimum absolute atomic E-state index is 0.128. The molecule has 0 radical (unpaired) electrons. The Hall–Kier alpha value is -2.53. The largest absolute Gasteiger partial charge is 0.465 e. The fraction of sp³-hybridized carbons (Fsp3) is 0.409. The van der Waals surface area contributed by atoms with Crippen LogP contribution in [0.1, 0.15) is 31.9 Å². The van der Waals surface area contributed by atoms with Crippen molar-refractivity contribution in [3.05, 3.63) is 59.7 Å². The molecule has 2 aromatic carbocycles. The number of piperazine rings is 1. The van der Waals surface area contributed by atoms with Crippen LogP contribution >= 0.6 is 0 Å². The zero-order valence-corrected chi connectivity index (χ0v) is 16.3. The number of benzene rings is 2. The Morgan fingerprint density at radius 1 is 1.00 bits per heavy atom. The highest BCUT2D eigenvalue weighted by atomic mass is 16.5. The van der Waals surface area contributed by atoms with E-state index >= 15 is 0 Å². The summed E-state index contributed by atoms with van der Waals surface area (Å²) in [4.78, 5) is 14.7. The summed E-state index contributed by atoms with van der Waals surface area (Å²) in [5.74, 6) is 1.65. The van der Waals surface area contributed by atoms with Crippen LogP contribution in [-0.2, 0) is 12.0 Å². The predicted octanol–water partition coefficient (Wildman–Crippen LogP) is 4.57. The summed E-state index contributed by atoms with van der Waals surface area (Å²) in [5, 5.41) is 9.04. The molecule has 144 valence electrons. The SMILES string of the molecule is CC(C)(C)c1ccc(Oc2cccc(CN3CCN(C(=O)O)CC3)c2)cc1. The van der Waals surface area contributed by atoms with E-state index in [0.29, 0.717) is 13.1 Å². The van der Waals surface area contributed by atoms with Crippen LogP contribution in [0, 0.1) is 0 Å². The highest BCUT2D eigenvalue weighted by Crippen LogP contribution is 2.27. The van der Waals surface area contributed by atoms with E-state index in [0.717, 1.165) is 31.1 Å². The van der Waals surface area contributed by atoms with Gasteiger partial charge in [-0.1, -0.05) is 45.0 Å². The van der Waals surface area contributed by atoms with Crippen molar-refractivity contribution in [2.24, 2.45) is 0 Å². The Morgan fingerprint density at radius 3 is 2.26 bits per heavy atom. The van der Waals surface area contributed by atoms with Crippen LogP contribution in [-0.4, -0.2) is 47.2 Å². The summed E-state index contributed by atoms with van der Waals surface area (Å²) >= 11 is 0. The number of ether oxygens (including phenoxy) is 1. The second-order valence-electron chi connectivity index (χ2n) is 8.07. The van der Waals surface area contributed by atoms with Gasteiger partial charge in [0.2, 0.25) is 0 Å². The number of carbonyl (C=O) groups is 1. The van der Waals surface area contributed by atoms with Crippen molar-refractivity contribution in [1.82, 2.24) is 9.80 Å². The van der Waals surface area contributed by atoms with Gasteiger partial charge >= 0.3 is 6.09 Å². The fourth-order valence-electron chi connectivity index (χ4n) is 3.22. The van der Waals surface area contributed by atoms with Gasteiger partial charge in [-0.2, -0.15) is 0 Å². The molecule has 27 heavy (non-hydrogen) atoms. The number of nitrogens with zero attached hydrogens (tertiary/aromatic N) is 2. The maximum absolute atomic E-state index is 11.0. The fourth-order valence-corrected chi connectivity index (χ4v) is 3.22. The van der Waals surface area contributed by atoms with Crippen LogP contribution < -0.4 is 4.74 Å². The maximum atomic E-state index is 11.0. The van der Waals surface area contributed by atoms with Crippen LogP contribution in [0.3, 0.4) is 0 Å². The van der Waals surface area contributed by atoms with Gasteiger partial charge in [0, 0.05) is 32.7 Å². The molecule has 0 unspecified atom stereocenters. The van der Waals surface area contributed by atoms with Crippen LogP contribution in [0.25, 0.3) is 0 Å². The second kappa shape index (κ2) is 8.01. The highest BCUT2D eigenvalue weighted by Gasteiger charge is 2.20. The molecule has 1 aliphatic heterocycles. The van der Waals surface area contributed by atoms with E-state index in [-0.39, 0.29) is 5.41 Å². The van der Waals surface area contributed by atoms with Crippen LogP contribution in [0.5, 0.6) is 11.5 Å². The molecule has 1 aliphatic rings. The molecule has 0 aliphatic carbocycles. The second-order valence-corrected chi connectivity index (χ2v) is 8.07. The molecule has 0 aromatic heterocycles. The van der Waals surface area contributed by atoms with E-state index in [1.54, 1.807) is 0 Å². The molecule has 1 amide bonds. The zero-order valence-electron chi connectivity index (χ0n) is 16.3. The first-order valence-electron chi connectivity index (χ1n) is 9.39. The molecule has 1 heterocycles. The van der Waals surface area contributed by atoms with Crippen molar-refractivity contribution in [2.45, 2.75) is 32.7 Å². The molecule has 5 nitrogen and oxygen atoms in total. The van der Waals surface area contributed by atoms with Crippen molar-refractivity contribution < 1.29 is 14.6 Å². The van der Waals surface area contributed by atoms with E-state index in [1.807, 2.05) is 24.3 Å². The van der Waals surface area contributed by atoms with Crippen molar-refractivity contribution in [3.63, 3.8) is 0 Å². The molecule has 1 N–H and O–H groups in total. The average Bonchev–Trinajstić information content (AvgIpc) is 2.62. The minimum atomic E-state index is -0.831. The first-order chi connectivity index (χ1) is 12.8. The zero-order chi connectivity index (χ0) is 19.4. The van der Waals surface area contributed by atoms with E-state index in [4.69, 9.17) is 9.84 Å². The molecule has 0 spiro atoms. The summed E-state index contributed by atoms with van der Waals surface area (Å²) < 4.78 is 6.02. The normalized spacial score (nSPS) is 15.6. The molecular weight excluding hydrogens is 340 g/mol. The molecule has 2 aromatic rings. The summed E-state index contributed by atoms with van der Waals surface area (Å²) in [5.41, 5.74) is 2.58. The van der Waals surface area contributed by atoms with E-state index < -0.39 is 6.09 Å². The first-order valence-corrected chi connectivity index (χ1v) is 9.39. The molecular formula is C22H28N2O3. The van der Waals surface area contributed by atoms with E-state index in [2.05, 4.69) is 49.9 Å². The Bertz CT molecular complexity index is 773. The van der Waals surface area contributed by atoms with Gasteiger partial charge in [0.1, 0.15) is 11.5 Å². The van der Waals surface area contributed by atoms with Gasteiger partial charge in [-0.3, -0.25) is 4.90 Å². The van der Waals surface area contributed by atoms with Gasteiger partial charge in [0.25, 0.3) is 0 Å². The predicted molar refractivity (Wildman–Crippen MR) is 107 cm³/mol. The molecule has 0 atom stereocenters. The topological polar surface area (TPSA) is 53.0 Å². The monoisotopic (exact) mass is 368 g/mol. The molecule has 0 bridgehead atoms. The smallest absolute Gasteiger partial charge is 0.407 e. The Morgan fingerprint density at radius 2 is 1.67 bits per heavy atom. The van der Waals surface area contributed by atoms with Gasteiger partial charge < -0.3 is 14.7 Å². The average molecular weight is 368 g/mol. The number of carboxylic acid groups (broad SMARTS) is 1. The number of rotatable bonds is 4. The number of hydrogen-bond donors (Lipinski definition) is 1. The Kier molecular flexibility index (Phi) is 5.71. The third-order valence-corrected chi connectivity index (χ3v) is 4.90. The lowest BCUT2D eigenvalue weighted by Gasteiger charge is -2.33. The van der Waals surface area contributed by atoms with Crippen molar-refractivity contribution >= 4 is 6.09 Å². The van der Waals surface area contributed by atoms with Gasteiger partial charge in [0.15, 0.2) is 0 Å². The van der Waals surface area contributed by atoms with Gasteiger partial charge in [-0.25, -0.2) is 4.79 Å². The lowest BCUT2D eigenvalue weighted by Crippen LogP contribution is -2.47. The van der Waals surface area contributed by atoms with Crippen molar-refractivity contribution in [1.29, 1.82) is 0 Å². The Balaban J connectivity index is 1.60. The van der Waals surface area contributed by atoms with Gasteiger partial charge in [-0.05, 0) is 40.8 Å².